The summed E-state index contributed by atoms with van der Waals surface area (Å²) in [7, 11) is 0. The number of H-pyrrole nitrogens is 1. The third-order valence-corrected chi connectivity index (χ3v) is 8.57. The monoisotopic (exact) mass is 532 g/mol. The first-order chi connectivity index (χ1) is 18.9. The molecular weight excluding hydrogens is 502 g/mol. The standard InChI is InChI=1S/C28H30F2N8O/c1-16(24-19(29)3-2-4-20(24)30)39-22-11-18(13-32-26(22)31)21-12-23-28(8-10-38(23)36-21)7-9-37(14-28)25(17-5-6-17)27-33-15-34-35-27/h2-4,11-13,15-17,25H,5-10,14H2,1H3,(H2,31,32)(H,33,34,35)/t16?,25?,28-/m1/s1. The van der Waals surface area contributed by atoms with Crippen LogP contribution in [0.2, 0.25) is 0 Å². The van der Waals surface area contributed by atoms with Gasteiger partial charge in [-0.05, 0) is 69.3 Å². The molecule has 0 bridgehead atoms. The van der Waals surface area contributed by atoms with Gasteiger partial charge in [0, 0.05) is 36.0 Å². The number of aryl methyl sites for hydroxylation is 1. The molecular formula is C28H30F2N8O. The van der Waals surface area contributed by atoms with Gasteiger partial charge in [-0.15, -0.1) is 0 Å². The van der Waals surface area contributed by atoms with E-state index >= 15 is 0 Å². The number of nitrogens with zero attached hydrogens (tertiary/aromatic N) is 6. The second kappa shape index (κ2) is 9.11. The second-order valence-electron chi connectivity index (χ2n) is 11.0. The van der Waals surface area contributed by atoms with Crippen molar-refractivity contribution in [1.82, 2.24) is 34.8 Å². The molecule has 3 aromatic heterocycles. The Morgan fingerprint density at radius 1 is 1.13 bits per heavy atom. The van der Waals surface area contributed by atoms with Gasteiger partial charge in [0.25, 0.3) is 0 Å². The molecule has 202 valence electrons. The maximum atomic E-state index is 14.3. The predicted octanol–water partition coefficient (Wildman–Crippen LogP) is 4.56. The quantitative estimate of drug-likeness (QED) is 0.359. The lowest BCUT2D eigenvalue weighted by Gasteiger charge is -2.28. The van der Waals surface area contributed by atoms with Crippen molar-refractivity contribution in [3.8, 4) is 17.0 Å². The van der Waals surface area contributed by atoms with Gasteiger partial charge in [-0.1, -0.05) is 6.07 Å². The fraction of sp³-hybridized carbons (Fsp3) is 0.429. The van der Waals surface area contributed by atoms with E-state index in [1.807, 2.05) is 0 Å². The van der Waals surface area contributed by atoms with Crippen LogP contribution in [0.5, 0.6) is 5.75 Å². The van der Waals surface area contributed by atoms with Crippen LogP contribution in [0.3, 0.4) is 0 Å². The fourth-order valence-electron chi connectivity index (χ4n) is 6.46. The van der Waals surface area contributed by atoms with Gasteiger partial charge in [0.15, 0.2) is 11.6 Å². The van der Waals surface area contributed by atoms with Gasteiger partial charge in [0.05, 0.1) is 17.3 Å². The number of hydrogen-bond acceptors (Lipinski definition) is 7. The number of ether oxygens (including phenoxy) is 1. The fourth-order valence-corrected chi connectivity index (χ4v) is 6.46. The molecule has 1 saturated carbocycles. The molecule has 4 aromatic rings. The Labute approximate surface area is 224 Å². The van der Waals surface area contributed by atoms with Crippen molar-refractivity contribution < 1.29 is 13.5 Å². The summed E-state index contributed by atoms with van der Waals surface area (Å²) in [5, 5.41) is 12.1. The van der Waals surface area contributed by atoms with Gasteiger partial charge in [-0.3, -0.25) is 14.7 Å². The van der Waals surface area contributed by atoms with Gasteiger partial charge in [-0.2, -0.15) is 10.2 Å². The number of benzene rings is 1. The van der Waals surface area contributed by atoms with E-state index in [0.717, 1.165) is 49.6 Å². The third kappa shape index (κ3) is 4.15. The SMILES string of the molecule is CC(Oc1cc(-c2cc3n(n2)CC[C@@]32CCN(C(c3ncn[nH]3)C3CC3)C2)cnc1N)c1c(F)cccc1F. The summed E-state index contributed by atoms with van der Waals surface area (Å²) in [6, 6.07) is 7.92. The molecule has 3 aliphatic rings. The molecule has 3 atom stereocenters. The second-order valence-corrected chi connectivity index (χ2v) is 11.0. The van der Waals surface area contributed by atoms with E-state index < -0.39 is 17.7 Å². The van der Waals surface area contributed by atoms with E-state index in [-0.39, 0.29) is 28.6 Å². The normalized spacial score (nSPS) is 22.3. The van der Waals surface area contributed by atoms with Gasteiger partial charge in [0.2, 0.25) is 0 Å². The van der Waals surface area contributed by atoms with E-state index in [9.17, 15) is 8.78 Å². The van der Waals surface area contributed by atoms with Crippen molar-refractivity contribution in [2.45, 2.75) is 56.7 Å². The number of aromatic nitrogens is 6. The van der Waals surface area contributed by atoms with Crippen LogP contribution in [0.15, 0.2) is 42.9 Å². The highest BCUT2D eigenvalue weighted by Crippen LogP contribution is 2.50. The summed E-state index contributed by atoms with van der Waals surface area (Å²) in [5.41, 5.74) is 8.72. The first-order valence-corrected chi connectivity index (χ1v) is 13.5. The molecule has 1 aliphatic carbocycles. The van der Waals surface area contributed by atoms with E-state index in [1.54, 1.807) is 25.5 Å². The van der Waals surface area contributed by atoms with Crippen molar-refractivity contribution in [2.24, 2.45) is 5.92 Å². The molecule has 3 N–H and O–H groups in total. The smallest absolute Gasteiger partial charge is 0.166 e. The molecule has 39 heavy (non-hydrogen) atoms. The van der Waals surface area contributed by atoms with Crippen LogP contribution in [0.1, 0.15) is 61.8 Å². The number of pyridine rings is 1. The van der Waals surface area contributed by atoms with E-state index in [0.29, 0.717) is 5.92 Å². The highest BCUT2D eigenvalue weighted by atomic mass is 19.1. The van der Waals surface area contributed by atoms with Gasteiger partial charge in [0.1, 0.15) is 29.9 Å². The molecule has 2 unspecified atom stereocenters. The van der Waals surface area contributed by atoms with Crippen molar-refractivity contribution in [1.29, 1.82) is 0 Å². The average molecular weight is 533 g/mol. The summed E-state index contributed by atoms with van der Waals surface area (Å²) in [6.45, 7) is 4.41. The largest absolute Gasteiger partial charge is 0.482 e. The summed E-state index contributed by atoms with van der Waals surface area (Å²) >= 11 is 0. The number of rotatable bonds is 7. The van der Waals surface area contributed by atoms with E-state index in [1.165, 1.54) is 36.7 Å². The molecule has 1 saturated heterocycles. The zero-order valence-electron chi connectivity index (χ0n) is 21.6. The Bertz CT molecular complexity index is 1500. The number of nitrogens with one attached hydrogen (secondary N) is 1. The minimum atomic E-state index is -0.894. The lowest BCUT2D eigenvalue weighted by atomic mass is 9.82. The van der Waals surface area contributed by atoms with Crippen LogP contribution in [0, 0.1) is 17.6 Å². The van der Waals surface area contributed by atoms with Gasteiger partial charge >= 0.3 is 0 Å². The van der Waals surface area contributed by atoms with Crippen LogP contribution in [0.25, 0.3) is 11.3 Å². The van der Waals surface area contributed by atoms with E-state index in [4.69, 9.17) is 15.6 Å². The molecule has 2 aliphatic heterocycles. The minimum absolute atomic E-state index is 0.0376. The summed E-state index contributed by atoms with van der Waals surface area (Å²) in [4.78, 5) is 11.4. The number of anilines is 1. The number of aromatic amines is 1. The summed E-state index contributed by atoms with van der Waals surface area (Å²) in [6.07, 6.45) is 6.94. The topological polar surface area (TPSA) is 111 Å². The van der Waals surface area contributed by atoms with Gasteiger partial charge < -0.3 is 10.5 Å². The molecule has 1 spiro atoms. The molecule has 7 rings (SSSR count). The zero-order valence-corrected chi connectivity index (χ0v) is 21.6. The number of nitrogen functional groups attached to an aromatic ring is 1. The predicted molar refractivity (Wildman–Crippen MR) is 140 cm³/mol. The van der Waals surface area contributed by atoms with Crippen molar-refractivity contribution in [3.63, 3.8) is 0 Å². The van der Waals surface area contributed by atoms with Crippen LogP contribution in [-0.4, -0.2) is 47.9 Å². The molecule has 1 aromatic carbocycles. The third-order valence-electron chi connectivity index (χ3n) is 8.57. The molecule has 11 heteroatoms. The molecule has 0 radical (unpaired) electrons. The lowest BCUT2D eigenvalue weighted by Crippen LogP contribution is -2.33. The Morgan fingerprint density at radius 3 is 2.67 bits per heavy atom. The molecule has 9 nitrogen and oxygen atoms in total. The first-order valence-electron chi connectivity index (χ1n) is 13.5. The van der Waals surface area contributed by atoms with Crippen LogP contribution < -0.4 is 10.5 Å². The summed E-state index contributed by atoms with van der Waals surface area (Å²) < 4.78 is 36.6. The van der Waals surface area contributed by atoms with Crippen LogP contribution in [0.4, 0.5) is 14.6 Å². The van der Waals surface area contributed by atoms with Crippen LogP contribution in [-0.2, 0) is 12.0 Å². The number of likely N-dealkylation sites (tertiary alicyclic amines) is 1. The average Bonchev–Trinajstić information content (AvgIpc) is 3.28. The van der Waals surface area contributed by atoms with Gasteiger partial charge in [-0.25, -0.2) is 18.7 Å². The van der Waals surface area contributed by atoms with E-state index in [2.05, 4.69) is 35.8 Å². The maximum absolute atomic E-state index is 14.3. The number of nitrogens with two attached hydrogens (primary N) is 1. The zero-order chi connectivity index (χ0) is 26.7. The Kier molecular flexibility index (Phi) is 5.66. The van der Waals surface area contributed by atoms with Crippen molar-refractivity contribution in [2.75, 3.05) is 18.8 Å². The number of fused-ring (bicyclic) bond motifs is 2. The highest BCUT2D eigenvalue weighted by molar-refractivity contribution is 5.65. The molecule has 5 heterocycles. The van der Waals surface area contributed by atoms with Crippen LogP contribution >= 0.6 is 0 Å². The first kappa shape index (κ1) is 24.2. The summed E-state index contributed by atoms with van der Waals surface area (Å²) in [5.74, 6) is 0.673. The molecule has 2 fully saturated rings. The number of halogens is 2. The Hall–Kier alpha value is -3.86. The Morgan fingerprint density at radius 2 is 1.92 bits per heavy atom. The molecule has 0 amide bonds. The minimum Gasteiger partial charge on any atom is -0.482 e. The Balaban J connectivity index is 1.14. The number of hydrogen-bond donors (Lipinski definition) is 2. The van der Waals surface area contributed by atoms with Crippen molar-refractivity contribution in [3.05, 3.63) is 71.6 Å². The van der Waals surface area contributed by atoms with Crippen molar-refractivity contribution >= 4 is 5.82 Å². The maximum Gasteiger partial charge on any atom is 0.166 e. The lowest BCUT2D eigenvalue weighted by molar-refractivity contribution is 0.198. The highest BCUT2D eigenvalue weighted by Gasteiger charge is 2.50.